The van der Waals surface area contributed by atoms with Crippen LogP contribution in [0.15, 0.2) is 18.2 Å². The second kappa shape index (κ2) is 4.69. The molecule has 0 aliphatic carbocycles. The Morgan fingerprint density at radius 3 is 2.64 bits per heavy atom. The van der Waals surface area contributed by atoms with E-state index in [1.165, 1.54) is 18.2 Å². The number of hydroxylamine groups is 1. The van der Waals surface area contributed by atoms with Gasteiger partial charge in [0.25, 0.3) is 0 Å². The summed E-state index contributed by atoms with van der Waals surface area (Å²) in [6.45, 7) is 1.90. The van der Waals surface area contributed by atoms with Crippen LogP contribution in [0.3, 0.4) is 0 Å². The maximum Gasteiger partial charge on any atom is 0.161 e. The Labute approximate surface area is 81.5 Å². The van der Waals surface area contributed by atoms with Crippen LogP contribution >= 0.6 is 0 Å². The first kappa shape index (κ1) is 10.6. The topological polar surface area (TPSA) is 82.0 Å². The van der Waals surface area contributed by atoms with Gasteiger partial charge in [-0.1, -0.05) is 0 Å². The third kappa shape index (κ3) is 3.12. The van der Waals surface area contributed by atoms with Crippen LogP contribution in [0.5, 0.6) is 17.2 Å². The Hall–Kier alpha value is -1.46. The second-order valence-electron chi connectivity index (χ2n) is 2.95. The molecule has 0 heterocycles. The minimum absolute atomic E-state index is 0.201. The van der Waals surface area contributed by atoms with Gasteiger partial charge >= 0.3 is 0 Å². The molecule has 1 unspecified atom stereocenters. The summed E-state index contributed by atoms with van der Waals surface area (Å²) < 4.78 is 0. The van der Waals surface area contributed by atoms with Gasteiger partial charge in [0, 0.05) is 6.07 Å². The van der Waals surface area contributed by atoms with Crippen molar-refractivity contribution in [1.29, 1.82) is 0 Å². The van der Waals surface area contributed by atoms with E-state index in [0.29, 0.717) is 5.75 Å². The van der Waals surface area contributed by atoms with Crippen molar-refractivity contribution in [3.63, 3.8) is 0 Å². The SMILES string of the molecule is CC(O)CNOc1ccc(O)c(O)c1. The third-order valence-corrected chi connectivity index (χ3v) is 1.52. The first-order valence-electron chi connectivity index (χ1n) is 4.19. The molecule has 1 aromatic carbocycles. The van der Waals surface area contributed by atoms with Crippen LogP contribution in [0.25, 0.3) is 0 Å². The van der Waals surface area contributed by atoms with E-state index in [0.717, 1.165) is 0 Å². The van der Waals surface area contributed by atoms with Crippen LogP contribution in [-0.2, 0) is 0 Å². The smallest absolute Gasteiger partial charge is 0.161 e. The quantitative estimate of drug-likeness (QED) is 0.416. The molecule has 14 heavy (non-hydrogen) atoms. The molecule has 0 aromatic heterocycles. The van der Waals surface area contributed by atoms with Crippen LogP contribution < -0.4 is 10.3 Å². The number of hydrogen-bond donors (Lipinski definition) is 4. The van der Waals surface area contributed by atoms with E-state index in [1.54, 1.807) is 6.92 Å². The van der Waals surface area contributed by atoms with E-state index in [-0.39, 0.29) is 18.0 Å². The Bertz CT molecular complexity index is 301. The van der Waals surface area contributed by atoms with Crippen LogP contribution in [0.4, 0.5) is 0 Å². The minimum atomic E-state index is -0.513. The molecule has 0 saturated heterocycles. The molecular weight excluding hydrogens is 186 g/mol. The number of hydrogen-bond acceptors (Lipinski definition) is 5. The number of aliphatic hydroxyl groups is 1. The molecule has 78 valence electrons. The maximum absolute atomic E-state index is 9.10. The van der Waals surface area contributed by atoms with Gasteiger partial charge in [-0.2, -0.15) is 5.48 Å². The van der Waals surface area contributed by atoms with E-state index >= 15 is 0 Å². The van der Waals surface area contributed by atoms with Gasteiger partial charge in [-0.25, -0.2) is 0 Å². The predicted octanol–water partition coefficient (Wildman–Crippen LogP) is 0.362. The molecule has 5 heteroatoms. The van der Waals surface area contributed by atoms with Crippen molar-refractivity contribution < 1.29 is 20.2 Å². The molecule has 4 N–H and O–H groups in total. The number of aliphatic hydroxyl groups excluding tert-OH is 1. The Kier molecular flexibility index (Phi) is 3.55. The minimum Gasteiger partial charge on any atom is -0.504 e. The average Bonchev–Trinajstić information content (AvgIpc) is 2.10. The van der Waals surface area contributed by atoms with E-state index in [4.69, 9.17) is 20.2 Å². The van der Waals surface area contributed by atoms with E-state index in [9.17, 15) is 0 Å². The zero-order chi connectivity index (χ0) is 10.6. The molecule has 1 rings (SSSR count). The highest BCUT2D eigenvalue weighted by Gasteiger charge is 2.01. The second-order valence-corrected chi connectivity index (χ2v) is 2.95. The van der Waals surface area contributed by atoms with Gasteiger partial charge in [0.1, 0.15) is 0 Å². The lowest BCUT2D eigenvalue weighted by molar-refractivity contribution is 0.118. The van der Waals surface area contributed by atoms with Crippen LogP contribution in [0, 0.1) is 0 Å². The third-order valence-electron chi connectivity index (χ3n) is 1.52. The van der Waals surface area contributed by atoms with E-state index < -0.39 is 6.10 Å². The summed E-state index contributed by atoms with van der Waals surface area (Å²) in [5.41, 5.74) is 2.51. The predicted molar refractivity (Wildman–Crippen MR) is 50.1 cm³/mol. The molecule has 0 aliphatic heterocycles. The fourth-order valence-corrected chi connectivity index (χ4v) is 0.812. The van der Waals surface area contributed by atoms with Crippen molar-refractivity contribution in [2.45, 2.75) is 13.0 Å². The van der Waals surface area contributed by atoms with Crippen molar-refractivity contribution in [2.75, 3.05) is 6.54 Å². The molecule has 0 aliphatic rings. The fraction of sp³-hybridized carbons (Fsp3) is 0.333. The molecule has 0 saturated carbocycles. The number of phenolic OH excluding ortho intramolecular Hbond substituents is 2. The molecule has 0 spiro atoms. The van der Waals surface area contributed by atoms with Crippen LogP contribution in [0.1, 0.15) is 6.92 Å². The number of phenols is 2. The standard InChI is InChI=1S/C9H13NO4/c1-6(11)5-10-14-7-2-3-8(12)9(13)4-7/h2-4,6,10-13H,5H2,1H3. The largest absolute Gasteiger partial charge is 0.504 e. The molecule has 0 amide bonds. The zero-order valence-corrected chi connectivity index (χ0v) is 7.77. The van der Waals surface area contributed by atoms with Crippen molar-refractivity contribution in [1.82, 2.24) is 5.48 Å². The van der Waals surface area contributed by atoms with Gasteiger partial charge in [-0.15, -0.1) is 0 Å². The van der Waals surface area contributed by atoms with Crippen molar-refractivity contribution in [2.24, 2.45) is 0 Å². The van der Waals surface area contributed by atoms with Gasteiger partial charge in [0.05, 0.1) is 12.6 Å². The summed E-state index contributed by atoms with van der Waals surface area (Å²) in [6.07, 6.45) is -0.513. The number of rotatable bonds is 4. The summed E-state index contributed by atoms with van der Waals surface area (Å²) in [7, 11) is 0. The molecular formula is C9H13NO4. The van der Waals surface area contributed by atoms with Gasteiger partial charge in [-0.05, 0) is 19.1 Å². The van der Waals surface area contributed by atoms with E-state index in [1.807, 2.05) is 0 Å². The molecule has 0 radical (unpaired) electrons. The molecule has 0 bridgehead atoms. The van der Waals surface area contributed by atoms with Crippen molar-refractivity contribution in [3.05, 3.63) is 18.2 Å². The molecule has 5 nitrogen and oxygen atoms in total. The van der Waals surface area contributed by atoms with Crippen LogP contribution in [-0.4, -0.2) is 28.0 Å². The van der Waals surface area contributed by atoms with Gasteiger partial charge in [0.2, 0.25) is 0 Å². The summed E-state index contributed by atoms with van der Waals surface area (Å²) >= 11 is 0. The number of benzene rings is 1. The average molecular weight is 199 g/mol. The molecule has 1 aromatic rings. The highest BCUT2D eigenvalue weighted by molar-refractivity contribution is 5.43. The van der Waals surface area contributed by atoms with Crippen LogP contribution in [0.2, 0.25) is 0 Å². The van der Waals surface area contributed by atoms with Gasteiger partial charge < -0.3 is 20.2 Å². The summed E-state index contributed by atoms with van der Waals surface area (Å²) in [4.78, 5) is 4.97. The highest BCUT2D eigenvalue weighted by Crippen LogP contribution is 2.28. The lowest BCUT2D eigenvalue weighted by Crippen LogP contribution is -2.27. The first-order chi connectivity index (χ1) is 6.59. The normalized spacial score (nSPS) is 12.4. The fourth-order valence-electron chi connectivity index (χ4n) is 0.812. The summed E-state index contributed by atoms with van der Waals surface area (Å²) in [6, 6.07) is 4.07. The van der Waals surface area contributed by atoms with Crippen molar-refractivity contribution >= 4 is 0 Å². The Morgan fingerprint density at radius 1 is 1.36 bits per heavy atom. The lowest BCUT2D eigenvalue weighted by Gasteiger charge is -2.08. The van der Waals surface area contributed by atoms with Crippen molar-refractivity contribution in [3.8, 4) is 17.2 Å². The number of nitrogens with one attached hydrogen (secondary N) is 1. The Morgan fingerprint density at radius 2 is 2.07 bits per heavy atom. The lowest BCUT2D eigenvalue weighted by atomic mass is 10.3. The number of aromatic hydroxyl groups is 2. The Balaban J connectivity index is 2.47. The van der Waals surface area contributed by atoms with Gasteiger partial charge in [-0.3, -0.25) is 0 Å². The summed E-state index contributed by atoms with van der Waals surface area (Å²) in [5, 5.41) is 27.0. The first-order valence-corrected chi connectivity index (χ1v) is 4.19. The molecule has 1 atom stereocenters. The summed E-state index contributed by atoms with van der Waals surface area (Å²) in [5.74, 6) is -0.0878. The highest BCUT2D eigenvalue weighted by atomic mass is 16.6. The van der Waals surface area contributed by atoms with E-state index in [2.05, 4.69) is 5.48 Å². The van der Waals surface area contributed by atoms with Gasteiger partial charge in [0.15, 0.2) is 17.2 Å². The zero-order valence-electron chi connectivity index (χ0n) is 7.77. The monoisotopic (exact) mass is 199 g/mol. The molecule has 0 fully saturated rings. The maximum atomic E-state index is 9.10.